The van der Waals surface area contributed by atoms with Gasteiger partial charge in [-0.1, -0.05) is 0 Å². The first kappa shape index (κ1) is 6.85. The molecule has 3 heteroatoms. The van der Waals surface area contributed by atoms with E-state index in [-0.39, 0.29) is 0 Å². The van der Waals surface area contributed by atoms with Gasteiger partial charge in [-0.15, -0.1) is 0 Å². The number of nitrogens with zero attached hydrogens (tertiary/aromatic N) is 2. The summed E-state index contributed by atoms with van der Waals surface area (Å²) >= 11 is 0. The SMILES string of the molecule is CCn1cnc(C2CNC2)c1. The fourth-order valence-corrected chi connectivity index (χ4v) is 1.26. The molecule has 0 aromatic carbocycles. The molecule has 2 rings (SSSR count). The summed E-state index contributed by atoms with van der Waals surface area (Å²) in [6, 6.07) is 0. The Bertz CT molecular complexity index is 237. The van der Waals surface area contributed by atoms with Crippen molar-refractivity contribution in [2.75, 3.05) is 13.1 Å². The van der Waals surface area contributed by atoms with Gasteiger partial charge in [0.2, 0.25) is 0 Å². The molecule has 1 fully saturated rings. The highest BCUT2D eigenvalue weighted by molar-refractivity contribution is 5.09. The molecular formula is C8H13N3. The van der Waals surface area contributed by atoms with Crippen LogP contribution in [0.5, 0.6) is 0 Å². The maximum absolute atomic E-state index is 4.33. The Labute approximate surface area is 66.4 Å². The standard InChI is InChI=1S/C8H13N3/c1-2-11-5-8(10-6-11)7-3-9-4-7/h5-7,9H,2-4H2,1H3. The Balaban J connectivity index is 2.11. The number of aromatic nitrogens is 2. The van der Waals surface area contributed by atoms with Crippen LogP contribution in [0, 0.1) is 0 Å². The summed E-state index contributed by atoms with van der Waals surface area (Å²) in [6.45, 7) is 5.35. The van der Waals surface area contributed by atoms with Crippen molar-refractivity contribution < 1.29 is 0 Å². The predicted octanol–water partition coefficient (Wildman–Crippen LogP) is 0.590. The Hall–Kier alpha value is -0.830. The minimum atomic E-state index is 0.669. The van der Waals surface area contributed by atoms with E-state index < -0.39 is 0 Å². The summed E-state index contributed by atoms with van der Waals surface area (Å²) in [5, 5.41) is 3.24. The molecule has 11 heavy (non-hydrogen) atoms. The van der Waals surface area contributed by atoms with Gasteiger partial charge in [-0.25, -0.2) is 4.98 Å². The van der Waals surface area contributed by atoms with E-state index in [1.807, 2.05) is 6.33 Å². The van der Waals surface area contributed by atoms with E-state index in [4.69, 9.17) is 0 Å². The molecule has 0 atom stereocenters. The smallest absolute Gasteiger partial charge is 0.0949 e. The number of imidazole rings is 1. The average Bonchev–Trinajstić information content (AvgIpc) is 2.32. The molecule has 2 heterocycles. The van der Waals surface area contributed by atoms with Gasteiger partial charge in [0, 0.05) is 31.7 Å². The van der Waals surface area contributed by atoms with Crippen LogP contribution in [-0.4, -0.2) is 22.6 Å². The third-order valence-corrected chi connectivity index (χ3v) is 2.22. The van der Waals surface area contributed by atoms with Crippen LogP contribution in [0.25, 0.3) is 0 Å². The first-order valence-electron chi connectivity index (χ1n) is 4.12. The van der Waals surface area contributed by atoms with Crippen molar-refractivity contribution in [3.8, 4) is 0 Å². The fraction of sp³-hybridized carbons (Fsp3) is 0.625. The average molecular weight is 151 g/mol. The molecule has 0 aliphatic carbocycles. The van der Waals surface area contributed by atoms with Crippen molar-refractivity contribution in [2.24, 2.45) is 0 Å². The van der Waals surface area contributed by atoms with E-state index in [1.165, 1.54) is 5.69 Å². The lowest BCUT2D eigenvalue weighted by atomic mass is 10.0. The number of aryl methyl sites for hydroxylation is 1. The minimum Gasteiger partial charge on any atom is -0.337 e. The number of nitrogens with one attached hydrogen (secondary N) is 1. The first-order chi connectivity index (χ1) is 5.40. The number of hydrogen-bond donors (Lipinski definition) is 1. The Morgan fingerprint density at radius 2 is 2.55 bits per heavy atom. The van der Waals surface area contributed by atoms with E-state index in [9.17, 15) is 0 Å². The molecule has 1 aliphatic heterocycles. The van der Waals surface area contributed by atoms with Crippen LogP contribution in [0.15, 0.2) is 12.5 Å². The van der Waals surface area contributed by atoms with Gasteiger partial charge in [0.1, 0.15) is 0 Å². The van der Waals surface area contributed by atoms with Crippen molar-refractivity contribution in [1.82, 2.24) is 14.9 Å². The van der Waals surface area contributed by atoms with Crippen molar-refractivity contribution in [3.05, 3.63) is 18.2 Å². The van der Waals surface area contributed by atoms with Crippen LogP contribution in [-0.2, 0) is 6.54 Å². The maximum Gasteiger partial charge on any atom is 0.0949 e. The molecule has 1 aliphatic rings. The van der Waals surface area contributed by atoms with E-state index in [1.54, 1.807) is 0 Å². The second kappa shape index (κ2) is 2.66. The van der Waals surface area contributed by atoms with Gasteiger partial charge in [0.15, 0.2) is 0 Å². The van der Waals surface area contributed by atoms with Gasteiger partial charge in [0.25, 0.3) is 0 Å². The summed E-state index contributed by atoms with van der Waals surface area (Å²) in [7, 11) is 0. The quantitative estimate of drug-likeness (QED) is 0.670. The largest absolute Gasteiger partial charge is 0.337 e. The molecule has 1 N–H and O–H groups in total. The molecule has 0 radical (unpaired) electrons. The number of hydrogen-bond acceptors (Lipinski definition) is 2. The van der Waals surface area contributed by atoms with Crippen molar-refractivity contribution in [2.45, 2.75) is 19.4 Å². The summed E-state index contributed by atoms with van der Waals surface area (Å²) in [5.41, 5.74) is 1.24. The normalized spacial score (nSPS) is 18.3. The Morgan fingerprint density at radius 1 is 1.73 bits per heavy atom. The lowest BCUT2D eigenvalue weighted by Crippen LogP contribution is -2.40. The molecule has 1 aromatic rings. The van der Waals surface area contributed by atoms with Crippen molar-refractivity contribution in [3.63, 3.8) is 0 Å². The lowest BCUT2D eigenvalue weighted by molar-refractivity contribution is 0.440. The highest BCUT2D eigenvalue weighted by Crippen LogP contribution is 2.16. The second-order valence-electron chi connectivity index (χ2n) is 2.98. The van der Waals surface area contributed by atoms with Crippen LogP contribution in [0.4, 0.5) is 0 Å². The molecule has 1 aromatic heterocycles. The zero-order valence-corrected chi connectivity index (χ0v) is 6.75. The van der Waals surface area contributed by atoms with Crippen LogP contribution in [0.2, 0.25) is 0 Å². The van der Waals surface area contributed by atoms with Crippen molar-refractivity contribution >= 4 is 0 Å². The van der Waals surface area contributed by atoms with Gasteiger partial charge in [-0.05, 0) is 6.92 Å². The molecule has 0 amide bonds. The molecule has 0 bridgehead atoms. The number of rotatable bonds is 2. The van der Waals surface area contributed by atoms with Crippen LogP contribution in [0.3, 0.4) is 0 Å². The summed E-state index contributed by atoms with van der Waals surface area (Å²) in [4.78, 5) is 4.33. The summed E-state index contributed by atoms with van der Waals surface area (Å²) in [6.07, 6.45) is 4.05. The third-order valence-electron chi connectivity index (χ3n) is 2.22. The summed E-state index contributed by atoms with van der Waals surface area (Å²) < 4.78 is 2.12. The van der Waals surface area contributed by atoms with Crippen LogP contribution in [0.1, 0.15) is 18.5 Å². The molecule has 3 nitrogen and oxygen atoms in total. The topological polar surface area (TPSA) is 29.9 Å². The zero-order valence-electron chi connectivity index (χ0n) is 6.75. The van der Waals surface area contributed by atoms with Gasteiger partial charge in [-0.3, -0.25) is 0 Å². The third kappa shape index (κ3) is 1.16. The van der Waals surface area contributed by atoms with Crippen molar-refractivity contribution in [1.29, 1.82) is 0 Å². The van der Waals surface area contributed by atoms with Crippen LogP contribution < -0.4 is 5.32 Å². The molecule has 1 saturated heterocycles. The van der Waals surface area contributed by atoms with Gasteiger partial charge < -0.3 is 9.88 Å². The van der Waals surface area contributed by atoms with Gasteiger partial charge in [0.05, 0.1) is 12.0 Å². The van der Waals surface area contributed by atoms with E-state index in [0.29, 0.717) is 5.92 Å². The molecule has 0 unspecified atom stereocenters. The minimum absolute atomic E-state index is 0.669. The second-order valence-corrected chi connectivity index (χ2v) is 2.98. The molecule has 60 valence electrons. The maximum atomic E-state index is 4.33. The van der Waals surface area contributed by atoms with E-state index in [0.717, 1.165) is 19.6 Å². The van der Waals surface area contributed by atoms with Crippen LogP contribution >= 0.6 is 0 Å². The lowest BCUT2D eigenvalue weighted by Gasteiger charge is -2.24. The molecule has 0 spiro atoms. The van der Waals surface area contributed by atoms with Gasteiger partial charge in [-0.2, -0.15) is 0 Å². The van der Waals surface area contributed by atoms with Gasteiger partial charge >= 0.3 is 0 Å². The zero-order chi connectivity index (χ0) is 7.68. The molecule has 0 saturated carbocycles. The fourth-order valence-electron chi connectivity index (χ4n) is 1.26. The predicted molar refractivity (Wildman–Crippen MR) is 43.5 cm³/mol. The molecular weight excluding hydrogens is 138 g/mol. The monoisotopic (exact) mass is 151 g/mol. The highest BCUT2D eigenvalue weighted by atomic mass is 15.0. The first-order valence-corrected chi connectivity index (χ1v) is 4.12. The van der Waals surface area contributed by atoms with E-state index in [2.05, 4.69) is 28.0 Å². The Kier molecular flexibility index (Phi) is 1.66. The summed E-state index contributed by atoms with van der Waals surface area (Å²) in [5.74, 6) is 0.669. The van der Waals surface area contributed by atoms with E-state index >= 15 is 0 Å². The highest BCUT2D eigenvalue weighted by Gasteiger charge is 2.20. The Morgan fingerprint density at radius 3 is 3.00 bits per heavy atom.